The van der Waals surface area contributed by atoms with Crippen molar-refractivity contribution in [1.29, 1.82) is 0 Å². The molecule has 33 heavy (non-hydrogen) atoms. The molecule has 6 nitrogen and oxygen atoms in total. The van der Waals surface area contributed by atoms with Gasteiger partial charge < -0.3 is 9.64 Å². The molecule has 8 heteroatoms. The minimum atomic E-state index is -2.31. The highest BCUT2D eigenvalue weighted by atomic mass is 19.3. The number of ether oxygens (including phenoxy) is 1. The molecule has 0 radical (unpaired) electrons. The van der Waals surface area contributed by atoms with Gasteiger partial charge in [-0.15, -0.1) is 0 Å². The summed E-state index contributed by atoms with van der Waals surface area (Å²) >= 11 is 0. The van der Waals surface area contributed by atoms with Crippen LogP contribution in [-0.2, 0) is 19.5 Å². The molecular formula is C25H23F2N3O3. The molecule has 0 bridgehead atoms. The zero-order chi connectivity index (χ0) is 23.4. The average molecular weight is 451 g/mol. The lowest BCUT2D eigenvalue weighted by atomic mass is 10.1. The monoisotopic (exact) mass is 451 g/mol. The van der Waals surface area contributed by atoms with Gasteiger partial charge in [-0.3, -0.25) is 9.78 Å². The van der Waals surface area contributed by atoms with Gasteiger partial charge in [0.2, 0.25) is 6.43 Å². The van der Waals surface area contributed by atoms with Crippen LogP contribution in [0.5, 0.6) is 5.75 Å². The molecule has 3 aromatic rings. The van der Waals surface area contributed by atoms with E-state index in [1.54, 1.807) is 41.4 Å². The minimum Gasteiger partial charge on any atom is -0.422 e. The number of hydrogen-bond donors (Lipinski definition) is 0. The van der Waals surface area contributed by atoms with Gasteiger partial charge in [0, 0.05) is 48.7 Å². The second kappa shape index (κ2) is 9.85. The van der Waals surface area contributed by atoms with E-state index in [9.17, 15) is 18.4 Å². The molecule has 0 saturated carbocycles. The first-order valence-electron chi connectivity index (χ1n) is 10.7. The molecular weight excluding hydrogens is 428 g/mol. The van der Waals surface area contributed by atoms with E-state index in [2.05, 4.69) is 9.97 Å². The Labute approximate surface area is 190 Å². The van der Waals surface area contributed by atoms with Crippen LogP contribution in [-0.4, -0.2) is 33.2 Å². The number of alkyl halides is 2. The largest absolute Gasteiger partial charge is 0.422 e. The Bertz CT molecular complexity index is 1170. The normalized spacial score (nSPS) is 12.8. The SMILES string of the molecule is Cc1cc(CN2Cc3c(ccnc3C(=O)Oc3ccccc3)C2=O)cnc1CCCC(F)F. The van der Waals surface area contributed by atoms with Crippen LogP contribution in [0.1, 0.15) is 56.1 Å². The molecule has 0 saturated heterocycles. The van der Waals surface area contributed by atoms with E-state index in [-0.39, 0.29) is 24.6 Å². The molecule has 1 aliphatic rings. The van der Waals surface area contributed by atoms with E-state index in [0.29, 0.717) is 36.3 Å². The van der Waals surface area contributed by atoms with Crippen LogP contribution < -0.4 is 4.74 Å². The molecule has 0 atom stereocenters. The van der Waals surface area contributed by atoms with Crippen molar-refractivity contribution >= 4 is 11.9 Å². The molecule has 1 aliphatic heterocycles. The number of fused-ring (bicyclic) bond motifs is 1. The number of pyridine rings is 2. The smallest absolute Gasteiger partial charge is 0.362 e. The van der Waals surface area contributed by atoms with Crippen molar-refractivity contribution < 1.29 is 23.1 Å². The summed E-state index contributed by atoms with van der Waals surface area (Å²) in [4.78, 5) is 35.8. The Morgan fingerprint density at radius 2 is 1.97 bits per heavy atom. The number of carbonyl (C=O) groups is 2. The standard InChI is InChI=1S/C25H23F2N3O3/c1-16-12-17(13-29-21(16)8-5-9-22(26)27)14-30-15-20-19(24(30)31)10-11-28-23(20)25(32)33-18-6-3-2-4-7-18/h2-4,6-7,10-13,22H,5,8-9,14-15H2,1H3. The average Bonchev–Trinajstić information content (AvgIpc) is 3.11. The fourth-order valence-corrected chi connectivity index (χ4v) is 3.89. The Morgan fingerprint density at radius 3 is 2.70 bits per heavy atom. The van der Waals surface area contributed by atoms with Gasteiger partial charge in [0.1, 0.15) is 5.75 Å². The van der Waals surface area contributed by atoms with Gasteiger partial charge in [-0.2, -0.15) is 0 Å². The van der Waals surface area contributed by atoms with Gasteiger partial charge in [-0.05, 0) is 49.1 Å². The predicted octanol–water partition coefficient (Wildman–Crippen LogP) is 4.75. The zero-order valence-electron chi connectivity index (χ0n) is 18.1. The first-order valence-corrected chi connectivity index (χ1v) is 10.7. The Morgan fingerprint density at radius 1 is 1.18 bits per heavy atom. The van der Waals surface area contributed by atoms with Crippen LogP contribution in [0.15, 0.2) is 54.9 Å². The van der Waals surface area contributed by atoms with Crippen molar-refractivity contribution in [3.05, 3.63) is 88.5 Å². The van der Waals surface area contributed by atoms with Crippen LogP contribution >= 0.6 is 0 Å². The summed E-state index contributed by atoms with van der Waals surface area (Å²) in [6.07, 6.45) is 1.51. The van der Waals surface area contributed by atoms with Gasteiger partial charge in [0.25, 0.3) is 5.91 Å². The molecule has 4 rings (SSSR count). The van der Waals surface area contributed by atoms with Crippen LogP contribution in [0, 0.1) is 6.92 Å². The number of carbonyl (C=O) groups excluding carboxylic acids is 2. The number of aromatic nitrogens is 2. The van der Waals surface area contributed by atoms with E-state index in [1.165, 1.54) is 6.20 Å². The summed E-state index contributed by atoms with van der Waals surface area (Å²) in [5.74, 6) is -0.406. The van der Waals surface area contributed by atoms with Gasteiger partial charge in [0.05, 0.1) is 0 Å². The third-order valence-corrected chi connectivity index (χ3v) is 5.52. The predicted molar refractivity (Wildman–Crippen MR) is 117 cm³/mol. The van der Waals surface area contributed by atoms with Crippen LogP contribution in [0.2, 0.25) is 0 Å². The highest BCUT2D eigenvalue weighted by Crippen LogP contribution is 2.27. The molecule has 170 valence electrons. The van der Waals surface area contributed by atoms with E-state index in [1.807, 2.05) is 19.1 Å². The summed E-state index contributed by atoms with van der Waals surface area (Å²) in [5.41, 5.74) is 3.60. The maximum absolute atomic E-state index is 12.9. The summed E-state index contributed by atoms with van der Waals surface area (Å²) in [5, 5.41) is 0. The number of hydrogen-bond acceptors (Lipinski definition) is 5. The van der Waals surface area contributed by atoms with Gasteiger partial charge in [0.15, 0.2) is 5.69 Å². The first kappa shape index (κ1) is 22.5. The summed E-state index contributed by atoms with van der Waals surface area (Å²) in [6.45, 7) is 2.43. The number of rotatable bonds is 8. The molecule has 1 amide bonds. The fourth-order valence-electron chi connectivity index (χ4n) is 3.89. The number of benzene rings is 1. The van der Waals surface area contributed by atoms with Crippen LogP contribution in [0.25, 0.3) is 0 Å². The number of esters is 1. The highest BCUT2D eigenvalue weighted by Gasteiger charge is 2.32. The van der Waals surface area contributed by atoms with Crippen molar-refractivity contribution in [3.8, 4) is 5.75 Å². The highest BCUT2D eigenvalue weighted by molar-refractivity contribution is 6.02. The lowest BCUT2D eigenvalue weighted by Gasteiger charge is -2.16. The molecule has 2 aromatic heterocycles. The molecule has 0 unspecified atom stereocenters. The summed E-state index contributed by atoms with van der Waals surface area (Å²) in [7, 11) is 0. The second-order valence-electron chi connectivity index (χ2n) is 7.94. The quantitative estimate of drug-likeness (QED) is 0.365. The number of aryl methyl sites for hydroxylation is 2. The molecule has 0 aliphatic carbocycles. The van der Waals surface area contributed by atoms with E-state index in [0.717, 1.165) is 16.8 Å². The molecule has 0 fully saturated rings. The lowest BCUT2D eigenvalue weighted by Crippen LogP contribution is -2.23. The molecule has 1 aromatic carbocycles. The topological polar surface area (TPSA) is 72.4 Å². The number of amides is 1. The summed E-state index contributed by atoms with van der Waals surface area (Å²) in [6, 6.07) is 12.2. The summed E-state index contributed by atoms with van der Waals surface area (Å²) < 4.78 is 30.2. The fraction of sp³-hybridized carbons (Fsp3) is 0.280. The maximum Gasteiger partial charge on any atom is 0.362 e. The third-order valence-electron chi connectivity index (χ3n) is 5.52. The number of nitrogens with zero attached hydrogens (tertiary/aromatic N) is 3. The Balaban J connectivity index is 1.46. The first-order chi connectivity index (χ1) is 15.9. The lowest BCUT2D eigenvalue weighted by molar-refractivity contribution is 0.0721. The van der Waals surface area contributed by atoms with E-state index < -0.39 is 12.4 Å². The van der Waals surface area contributed by atoms with Crippen molar-refractivity contribution in [2.24, 2.45) is 0 Å². The Hall–Kier alpha value is -3.68. The van der Waals surface area contributed by atoms with Crippen molar-refractivity contribution in [2.75, 3.05) is 0 Å². The number of para-hydroxylation sites is 1. The maximum atomic E-state index is 12.9. The van der Waals surface area contributed by atoms with E-state index >= 15 is 0 Å². The van der Waals surface area contributed by atoms with Crippen molar-refractivity contribution in [1.82, 2.24) is 14.9 Å². The zero-order valence-corrected chi connectivity index (χ0v) is 18.1. The number of halogens is 2. The van der Waals surface area contributed by atoms with E-state index in [4.69, 9.17) is 4.74 Å². The third kappa shape index (κ3) is 5.22. The molecule has 0 N–H and O–H groups in total. The van der Waals surface area contributed by atoms with Crippen molar-refractivity contribution in [3.63, 3.8) is 0 Å². The molecule has 3 heterocycles. The van der Waals surface area contributed by atoms with Crippen LogP contribution in [0.3, 0.4) is 0 Å². The van der Waals surface area contributed by atoms with Gasteiger partial charge >= 0.3 is 5.97 Å². The van der Waals surface area contributed by atoms with Crippen LogP contribution in [0.4, 0.5) is 8.78 Å². The Kier molecular flexibility index (Phi) is 6.72. The molecule has 0 spiro atoms. The van der Waals surface area contributed by atoms with Gasteiger partial charge in [-0.25, -0.2) is 18.6 Å². The van der Waals surface area contributed by atoms with Crippen molar-refractivity contribution in [2.45, 2.75) is 45.7 Å². The second-order valence-corrected chi connectivity index (χ2v) is 7.94. The van der Waals surface area contributed by atoms with Gasteiger partial charge in [-0.1, -0.05) is 24.3 Å². The minimum absolute atomic E-state index is 0.121.